The van der Waals surface area contributed by atoms with E-state index >= 15 is 0 Å². The smallest absolute Gasteiger partial charge is 0.237 e. The number of imide groups is 1. The van der Waals surface area contributed by atoms with Crippen LogP contribution in [0.15, 0.2) is 30.3 Å². The van der Waals surface area contributed by atoms with Crippen LogP contribution >= 0.6 is 0 Å². The van der Waals surface area contributed by atoms with Crippen molar-refractivity contribution in [1.82, 2.24) is 5.32 Å². The molecule has 0 aliphatic rings. The molecule has 0 aliphatic heterocycles. The molecule has 0 fully saturated rings. The summed E-state index contributed by atoms with van der Waals surface area (Å²) in [5.74, 6) is -1.01. The van der Waals surface area contributed by atoms with Gasteiger partial charge in [-0.05, 0) is 24.3 Å². The third-order valence-electron chi connectivity index (χ3n) is 3.16. The van der Waals surface area contributed by atoms with E-state index in [9.17, 15) is 14.4 Å². The van der Waals surface area contributed by atoms with Crippen molar-refractivity contribution in [2.75, 3.05) is 0 Å². The van der Waals surface area contributed by atoms with Crippen molar-refractivity contribution in [1.29, 1.82) is 0 Å². The van der Waals surface area contributed by atoms with Crippen molar-refractivity contribution in [3.63, 3.8) is 0 Å². The van der Waals surface area contributed by atoms with Crippen LogP contribution in [0.5, 0.6) is 0 Å². The number of carbonyl (C=O) groups is 3. The van der Waals surface area contributed by atoms with Gasteiger partial charge >= 0.3 is 0 Å². The van der Waals surface area contributed by atoms with E-state index in [2.05, 4.69) is 5.32 Å². The van der Waals surface area contributed by atoms with Crippen LogP contribution < -0.4 is 5.32 Å². The highest BCUT2D eigenvalue weighted by atomic mass is 16.2. The van der Waals surface area contributed by atoms with Crippen LogP contribution in [-0.2, 0) is 20.8 Å². The summed E-state index contributed by atoms with van der Waals surface area (Å²) in [6, 6.07) is 9.35. The van der Waals surface area contributed by atoms with Gasteiger partial charge in [0.1, 0.15) is 11.7 Å². The van der Waals surface area contributed by atoms with E-state index in [-0.39, 0.29) is 5.78 Å². The molecule has 0 spiro atoms. The van der Waals surface area contributed by atoms with Gasteiger partial charge in [0.25, 0.3) is 0 Å². The molecule has 1 aromatic carbocycles. The molecule has 20 heavy (non-hydrogen) atoms. The Hall–Kier alpha value is -1.97. The molecule has 1 rings (SSSR count). The standard InChI is InChI=1S/C16H21NO3/c1-12(2)8-9-15(19)14(16(20)17-11-18)10-13-6-4-3-5-7-13/h3-7,11-12,14H,8-10H2,1-2H3,(H,17,18,20). The first-order chi connectivity index (χ1) is 9.54. The first-order valence-corrected chi connectivity index (χ1v) is 6.85. The topological polar surface area (TPSA) is 63.2 Å². The van der Waals surface area contributed by atoms with E-state index in [0.717, 1.165) is 12.0 Å². The number of rotatable bonds is 8. The molecule has 2 amide bonds. The van der Waals surface area contributed by atoms with Crippen LogP contribution in [0.2, 0.25) is 0 Å². The summed E-state index contributed by atoms with van der Waals surface area (Å²) in [4.78, 5) is 34.5. The van der Waals surface area contributed by atoms with E-state index < -0.39 is 11.8 Å². The van der Waals surface area contributed by atoms with E-state index in [1.165, 1.54) is 0 Å². The van der Waals surface area contributed by atoms with Crippen molar-refractivity contribution in [3.8, 4) is 0 Å². The Morgan fingerprint density at radius 2 is 1.85 bits per heavy atom. The largest absolute Gasteiger partial charge is 0.299 e. The number of hydrogen-bond acceptors (Lipinski definition) is 3. The third kappa shape index (κ3) is 5.34. The zero-order chi connectivity index (χ0) is 15.0. The van der Waals surface area contributed by atoms with Crippen LogP contribution in [0.4, 0.5) is 0 Å². The third-order valence-corrected chi connectivity index (χ3v) is 3.16. The van der Waals surface area contributed by atoms with Crippen molar-refractivity contribution in [2.45, 2.75) is 33.1 Å². The molecule has 108 valence electrons. The molecule has 0 bridgehead atoms. The maximum atomic E-state index is 12.2. The molecule has 0 aliphatic carbocycles. The van der Waals surface area contributed by atoms with Crippen molar-refractivity contribution in [3.05, 3.63) is 35.9 Å². The summed E-state index contributed by atoms with van der Waals surface area (Å²) in [5, 5.41) is 2.09. The first kappa shape index (κ1) is 16.1. The average molecular weight is 275 g/mol. The predicted molar refractivity (Wildman–Crippen MR) is 76.9 cm³/mol. The van der Waals surface area contributed by atoms with Gasteiger partial charge in [-0.15, -0.1) is 0 Å². The second-order valence-corrected chi connectivity index (χ2v) is 5.27. The summed E-state index contributed by atoms with van der Waals surface area (Å²) in [6.07, 6.45) is 1.77. The van der Waals surface area contributed by atoms with Crippen molar-refractivity contribution < 1.29 is 14.4 Å². The Morgan fingerprint density at radius 1 is 1.20 bits per heavy atom. The molecule has 1 unspecified atom stereocenters. The first-order valence-electron chi connectivity index (χ1n) is 6.85. The highest BCUT2D eigenvalue weighted by Crippen LogP contribution is 2.15. The number of benzene rings is 1. The van der Waals surface area contributed by atoms with Gasteiger partial charge in [-0.25, -0.2) is 0 Å². The Balaban J connectivity index is 2.77. The fourth-order valence-corrected chi connectivity index (χ4v) is 1.97. The lowest BCUT2D eigenvalue weighted by Gasteiger charge is -2.14. The van der Waals surface area contributed by atoms with E-state index in [0.29, 0.717) is 25.2 Å². The van der Waals surface area contributed by atoms with Gasteiger partial charge in [0.05, 0.1) is 0 Å². The minimum Gasteiger partial charge on any atom is -0.299 e. The molecule has 4 nitrogen and oxygen atoms in total. The average Bonchev–Trinajstić information content (AvgIpc) is 2.43. The molecule has 1 N–H and O–H groups in total. The summed E-state index contributed by atoms with van der Waals surface area (Å²) < 4.78 is 0. The molecule has 4 heteroatoms. The Kier molecular flexibility index (Phi) is 6.64. The molecular weight excluding hydrogens is 254 g/mol. The quantitative estimate of drug-likeness (QED) is 0.584. The van der Waals surface area contributed by atoms with Gasteiger partial charge in [0.15, 0.2) is 0 Å². The number of amides is 2. The normalized spacial score (nSPS) is 11.9. The number of nitrogens with one attached hydrogen (secondary N) is 1. The summed E-state index contributed by atoms with van der Waals surface area (Å²) in [6.45, 7) is 4.07. The van der Waals surface area contributed by atoms with Crippen LogP contribution in [0.1, 0.15) is 32.3 Å². The van der Waals surface area contributed by atoms with Crippen molar-refractivity contribution in [2.24, 2.45) is 11.8 Å². The zero-order valence-electron chi connectivity index (χ0n) is 12.0. The SMILES string of the molecule is CC(C)CCC(=O)C(Cc1ccccc1)C(=O)NC=O. The van der Waals surface area contributed by atoms with E-state index in [1.54, 1.807) is 0 Å². The number of hydrogen-bond donors (Lipinski definition) is 1. The molecule has 1 aromatic rings. The molecular formula is C16H21NO3. The van der Waals surface area contributed by atoms with Gasteiger partial charge in [0, 0.05) is 6.42 Å². The van der Waals surface area contributed by atoms with Crippen LogP contribution in [0.3, 0.4) is 0 Å². The van der Waals surface area contributed by atoms with Gasteiger partial charge in [-0.1, -0.05) is 44.2 Å². The number of Topliss-reactive ketones (excluding diaryl/α,β-unsaturated/α-hetero) is 1. The lowest BCUT2D eigenvalue weighted by molar-refractivity contribution is -0.135. The van der Waals surface area contributed by atoms with Gasteiger partial charge in [0.2, 0.25) is 12.3 Å². The van der Waals surface area contributed by atoms with Crippen LogP contribution in [0, 0.1) is 11.8 Å². The fourth-order valence-electron chi connectivity index (χ4n) is 1.97. The van der Waals surface area contributed by atoms with E-state index in [1.807, 2.05) is 44.2 Å². The second kappa shape index (κ2) is 8.25. The minimum atomic E-state index is -0.790. The summed E-state index contributed by atoms with van der Waals surface area (Å²) in [7, 11) is 0. The monoisotopic (exact) mass is 275 g/mol. The lowest BCUT2D eigenvalue weighted by Crippen LogP contribution is -2.36. The predicted octanol–water partition coefficient (Wildman–Crippen LogP) is 2.12. The van der Waals surface area contributed by atoms with Crippen LogP contribution in [-0.4, -0.2) is 18.1 Å². The van der Waals surface area contributed by atoms with E-state index in [4.69, 9.17) is 0 Å². The van der Waals surface area contributed by atoms with Crippen molar-refractivity contribution >= 4 is 18.1 Å². The Bertz CT molecular complexity index is 454. The molecule has 0 heterocycles. The minimum absolute atomic E-state index is 0.109. The number of carbonyl (C=O) groups excluding carboxylic acids is 3. The van der Waals surface area contributed by atoms with Gasteiger partial charge in [-0.2, -0.15) is 0 Å². The van der Waals surface area contributed by atoms with Crippen LogP contribution in [0.25, 0.3) is 0 Å². The Morgan fingerprint density at radius 3 is 2.40 bits per heavy atom. The molecule has 0 saturated carbocycles. The molecule has 0 radical (unpaired) electrons. The Labute approximate surface area is 119 Å². The summed E-state index contributed by atoms with van der Waals surface area (Å²) in [5.41, 5.74) is 0.913. The fraction of sp³-hybridized carbons (Fsp3) is 0.438. The van der Waals surface area contributed by atoms with Gasteiger partial charge < -0.3 is 0 Å². The molecule has 1 atom stereocenters. The summed E-state index contributed by atoms with van der Waals surface area (Å²) >= 11 is 0. The lowest BCUT2D eigenvalue weighted by atomic mass is 9.90. The maximum Gasteiger partial charge on any atom is 0.237 e. The molecule has 0 saturated heterocycles. The number of ketones is 1. The second-order valence-electron chi connectivity index (χ2n) is 5.27. The maximum absolute atomic E-state index is 12.2. The highest BCUT2D eigenvalue weighted by molar-refractivity contribution is 6.04. The highest BCUT2D eigenvalue weighted by Gasteiger charge is 2.26. The zero-order valence-corrected chi connectivity index (χ0v) is 12.0. The molecule has 0 aromatic heterocycles. The van der Waals surface area contributed by atoms with Gasteiger partial charge in [-0.3, -0.25) is 19.7 Å².